The minimum Gasteiger partial charge on any atom is -0.465 e. The minimum atomic E-state index is -0.670. The Morgan fingerprint density at radius 3 is 2.41 bits per heavy atom. The van der Waals surface area contributed by atoms with Crippen LogP contribution < -0.4 is 0 Å². The van der Waals surface area contributed by atoms with Gasteiger partial charge in [0.05, 0.1) is 12.7 Å². The van der Waals surface area contributed by atoms with Gasteiger partial charge in [0.25, 0.3) is 0 Å². The first-order valence-corrected chi connectivity index (χ1v) is 8.27. The monoisotopic (exact) mass is 366 g/mol. The molecule has 0 saturated heterocycles. The van der Waals surface area contributed by atoms with Crippen molar-refractivity contribution in [2.75, 3.05) is 7.11 Å². The van der Waals surface area contributed by atoms with Crippen LogP contribution in [0.4, 0.5) is 0 Å². The van der Waals surface area contributed by atoms with Gasteiger partial charge in [-0.05, 0) is 33.7 Å². The summed E-state index contributed by atoms with van der Waals surface area (Å²) >= 11 is 0. The van der Waals surface area contributed by atoms with Crippen LogP contribution in [0.5, 0.6) is 0 Å². The topological polar surface area (TPSA) is 96.2 Å². The second-order valence-corrected chi connectivity index (χ2v) is 5.79. The standard InChI is InChI=1S/C19H18N4O4/c1-26-18(24)16-9-7-15(8-10-16)12-27-19(25)17(23-13-20-21-22-23)11-14-5-3-2-4-6-14/h2-10,13,17H,11-12H2,1H3/t17-/m1/s1. The maximum Gasteiger partial charge on any atom is 0.337 e. The minimum absolute atomic E-state index is 0.0771. The molecular weight excluding hydrogens is 348 g/mol. The third kappa shape index (κ3) is 4.75. The molecule has 2 aromatic carbocycles. The molecule has 3 aromatic rings. The van der Waals surface area contributed by atoms with E-state index >= 15 is 0 Å². The van der Waals surface area contributed by atoms with Gasteiger partial charge in [0.2, 0.25) is 0 Å². The number of carbonyl (C=O) groups is 2. The lowest BCUT2D eigenvalue weighted by Crippen LogP contribution is -2.24. The molecule has 0 amide bonds. The average molecular weight is 366 g/mol. The summed E-state index contributed by atoms with van der Waals surface area (Å²) in [7, 11) is 1.32. The Morgan fingerprint density at radius 1 is 1.04 bits per heavy atom. The van der Waals surface area contributed by atoms with Crippen molar-refractivity contribution in [2.45, 2.75) is 19.1 Å². The fraction of sp³-hybridized carbons (Fsp3) is 0.211. The number of hydrogen-bond acceptors (Lipinski definition) is 7. The van der Waals surface area contributed by atoms with Crippen LogP contribution in [-0.2, 0) is 27.3 Å². The van der Waals surface area contributed by atoms with Crippen LogP contribution in [0.3, 0.4) is 0 Å². The first kappa shape index (κ1) is 18.2. The molecule has 0 N–H and O–H groups in total. The number of esters is 2. The van der Waals surface area contributed by atoms with Crippen molar-refractivity contribution in [3.8, 4) is 0 Å². The lowest BCUT2D eigenvalue weighted by Gasteiger charge is -2.15. The van der Waals surface area contributed by atoms with E-state index in [0.29, 0.717) is 12.0 Å². The van der Waals surface area contributed by atoms with Gasteiger partial charge in [0, 0.05) is 6.42 Å². The normalized spacial score (nSPS) is 11.6. The average Bonchev–Trinajstić information content (AvgIpc) is 3.25. The van der Waals surface area contributed by atoms with Crippen LogP contribution in [0.25, 0.3) is 0 Å². The van der Waals surface area contributed by atoms with Gasteiger partial charge in [-0.3, -0.25) is 0 Å². The highest BCUT2D eigenvalue weighted by molar-refractivity contribution is 5.89. The highest BCUT2D eigenvalue weighted by Crippen LogP contribution is 2.16. The van der Waals surface area contributed by atoms with Crippen LogP contribution in [0.1, 0.15) is 27.5 Å². The quantitative estimate of drug-likeness (QED) is 0.590. The van der Waals surface area contributed by atoms with Crippen LogP contribution in [0.2, 0.25) is 0 Å². The van der Waals surface area contributed by atoms with E-state index in [2.05, 4.69) is 20.3 Å². The van der Waals surface area contributed by atoms with Crippen molar-refractivity contribution in [1.29, 1.82) is 0 Å². The molecule has 0 saturated carbocycles. The van der Waals surface area contributed by atoms with Crippen LogP contribution in [0.15, 0.2) is 60.9 Å². The lowest BCUT2D eigenvalue weighted by atomic mass is 10.1. The molecule has 0 bridgehead atoms. The molecule has 138 valence electrons. The van der Waals surface area contributed by atoms with Crippen LogP contribution in [-0.4, -0.2) is 39.3 Å². The van der Waals surface area contributed by atoms with Gasteiger partial charge in [-0.15, -0.1) is 5.10 Å². The molecule has 8 heteroatoms. The summed E-state index contributed by atoms with van der Waals surface area (Å²) in [5, 5.41) is 11.0. The Labute approximate surface area is 155 Å². The zero-order valence-electron chi connectivity index (χ0n) is 14.7. The van der Waals surface area contributed by atoms with Crippen molar-refractivity contribution in [2.24, 2.45) is 0 Å². The first-order valence-electron chi connectivity index (χ1n) is 8.27. The molecule has 0 aliphatic carbocycles. The summed E-state index contributed by atoms with van der Waals surface area (Å²) < 4.78 is 11.5. The van der Waals surface area contributed by atoms with E-state index in [4.69, 9.17) is 4.74 Å². The van der Waals surface area contributed by atoms with E-state index in [1.807, 2.05) is 30.3 Å². The zero-order chi connectivity index (χ0) is 19.1. The van der Waals surface area contributed by atoms with E-state index in [1.165, 1.54) is 18.1 Å². The van der Waals surface area contributed by atoms with Gasteiger partial charge >= 0.3 is 11.9 Å². The molecule has 0 aliphatic heterocycles. The van der Waals surface area contributed by atoms with Gasteiger partial charge in [0.15, 0.2) is 6.04 Å². The Morgan fingerprint density at radius 2 is 1.78 bits per heavy atom. The number of hydrogen-bond donors (Lipinski definition) is 0. The van der Waals surface area contributed by atoms with E-state index in [-0.39, 0.29) is 6.61 Å². The summed E-state index contributed by atoms with van der Waals surface area (Å²) in [5.41, 5.74) is 2.16. The largest absolute Gasteiger partial charge is 0.465 e. The highest BCUT2D eigenvalue weighted by Gasteiger charge is 2.24. The lowest BCUT2D eigenvalue weighted by molar-refractivity contribution is -0.149. The number of aromatic nitrogens is 4. The molecule has 0 spiro atoms. The molecule has 1 atom stereocenters. The Balaban J connectivity index is 1.67. The zero-order valence-corrected chi connectivity index (χ0v) is 14.7. The first-order chi connectivity index (χ1) is 13.2. The number of nitrogens with zero attached hydrogens (tertiary/aromatic N) is 4. The Hall–Kier alpha value is -3.55. The summed E-state index contributed by atoms with van der Waals surface area (Å²) in [6.45, 7) is 0.0771. The number of tetrazole rings is 1. The number of benzene rings is 2. The molecule has 0 fully saturated rings. The summed E-state index contributed by atoms with van der Waals surface area (Å²) in [4.78, 5) is 24.1. The smallest absolute Gasteiger partial charge is 0.337 e. The molecular formula is C19H18N4O4. The third-order valence-corrected chi connectivity index (χ3v) is 3.98. The third-order valence-electron chi connectivity index (χ3n) is 3.98. The second kappa shape index (κ2) is 8.70. The van der Waals surface area contributed by atoms with E-state index < -0.39 is 18.0 Å². The van der Waals surface area contributed by atoms with Crippen LogP contribution in [0, 0.1) is 0 Å². The molecule has 27 heavy (non-hydrogen) atoms. The predicted octanol–water partition coefficient (Wildman–Crippen LogP) is 1.99. The van der Waals surface area contributed by atoms with Crippen molar-refractivity contribution < 1.29 is 19.1 Å². The SMILES string of the molecule is COC(=O)c1ccc(COC(=O)[C@@H](Cc2ccccc2)n2cnnn2)cc1. The number of rotatable bonds is 7. The number of ether oxygens (including phenoxy) is 2. The van der Waals surface area contributed by atoms with Crippen molar-refractivity contribution >= 4 is 11.9 Å². The van der Waals surface area contributed by atoms with Crippen molar-refractivity contribution in [3.63, 3.8) is 0 Å². The number of methoxy groups -OCH3 is 1. The molecule has 0 aliphatic rings. The predicted molar refractivity (Wildman–Crippen MR) is 94.6 cm³/mol. The van der Waals surface area contributed by atoms with Gasteiger partial charge in [-0.2, -0.15) is 0 Å². The fourth-order valence-electron chi connectivity index (χ4n) is 2.54. The van der Waals surface area contributed by atoms with E-state index in [1.54, 1.807) is 24.3 Å². The van der Waals surface area contributed by atoms with Gasteiger partial charge < -0.3 is 9.47 Å². The maximum atomic E-state index is 12.6. The van der Waals surface area contributed by atoms with Gasteiger partial charge in [-0.1, -0.05) is 42.5 Å². The van der Waals surface area contributed by atoms with E-state index in [9.17, 15) is 9.59 Å². The van der Waals surface area contributed by atoms with Crippen LogP contribution >= 0.6 is 0 Å². The highest BCUT2D eigenvalue weighted by atomic mass is 16.5. The van der Waals surface area contributed by atoms with Crippen molar-refractivity contribution in [3.05, 3.63) is 77.6 Å². The molecule has 0 radical (unpaired) electrons. The molecule has 0 unspecified atom stereocenters. The number of carbonyl (C=O) groups excluding carboxylic acids is 2. The molecule has 8 nitrogen and oxygen atoms in total. The Kier molecular flexibility index (Phi) is 5.88. The van der Waals surface area contributed by atoms with Gasteiger partial charge in [0.1, 0.15) is 12.9 Å². The van der Waals surface area contributed by atoms with Crippen molar-refractivity contribution in [1.82, 2.24) is 20.2 Å². The maximum absolute atomic E-state index is 12.6. The summed E-state index contributed by atoms with van der Waals surface area (Å²) in [6.07, 6.45) is 1.80. The summed E-state index contributed by atoms with van der Waals surface area (Å²) in [5.74, 6) is -0.858. The van der Waals surface area contributed by atoms with E-state index in [0.717, 1.165) is 11.1 Å². The molecule has 3 rings (SSSR count). The Bertz CT molecular complexity index is 880. The molecule has 1 aromatic heterocycles. The fourth-order valence-corrected chi connectivity index (χ4v) is 2.54. The van der Waals surface area contributed by atoms with Gasteiger partial charge in [-0.25, -0.2) is 14.3 Å². The molecule has 1 heterocycles. The summed E-state index contributed by atoms with van der Waals surface area (Å²) in [6, 6.07) is 15.6. The second-order valence-electron chi connectivity index (χ2n) is 5.79.